The molecule has 8 heteroatoms. The van der Waals surface area contributed by atoms with Gasteiger partial charge in [0.05, 0.1) is 11.9 Å². The highest BCUT2D eigenvalue weighted by molar-refractivity contribution is 7.08. The number of aromatic nitrogens is 4. The first-order chi connectivity index (χ1) is 9.30. The third-order valence-corrected chi connectivity index (χ3v) is 3.63. The lowest BCUT2D eigenvalue weighted by atomic mass is 9.91. The summed E-state index contributed by atoms with van der Waals surface area (Å²) in [6, 6.07) is 0. The molecule has 0 aromatic carbocycles. The Labute approximate surface area is 121 Å². The SMILES string of the molecule is Cn1ncc(CNC(=O)c2snnc2C(C)(C)C)c1N. The molecule has 0 aliphatic carbocycles. The Morgan fingerprint density at radius 2 is 2.20 bits per heavy atom. The first-order valence-electron chi connectivity index (χ1n) is 6.18. The summed E-state index contributed by atoms with van der Waals surface area (Å²) in [4.78, 5) is 12.8. The minimum Gasteiger partial charge on any atom is -0.384 e. The molecule has 2 aromatic heterocycles. The molecule has 2 heterocycles. The van der Waals surface area contributed by atoms with Gasteiger partial charge in [0.15, 0.2) is 0 Å². The molecule has 0 aliphatic rings. The zero-order valence-corrected chi connectivity index (χ0v) is 12.8. The van der Waals surface area contributed by atoms with Gasteiger partial charge in [-0.05, 0) is 11.5 Å². The topological polar surface area (TPSA) is 98.7 Å². The minimum atomic E-state index is -0.215. The molecule has 0 unspecified atom stereocenters. The van der Waals surface area contributed by atoms with Crippen molar-refractivity contribution in [2.24, 2.45) is 7.05 Å². The van der Waals surface area contributed by atoms with Crippen molar-refractivity contribution in [1.82, 2.24) is 24.7 Å². The highest BCUT2D eigenvalue weighted by atomic mass is 32.1. The summed E-state index contributed by atoms with van der Waals surface area (Å²) in [5.74, 6) is 0.358. The molecule has 0 saturated heterocycles. The summed E-state index contributed by atoms with van der Waals surface area (Å²) >= 11 is 1.10. The third kappa shape index (κ3) is 2.79. The molecule has 0 saturated carbocycles. The molecule has 3 N–H and O–H groups in total. The predicted molar refractivity (Wildman–Crippen MR) is 77.4 cm³/mol. The quantitative estimate of drug-likeness (QED) is 0.882. The molecule has 2 aromatic rings. The van der Waals surface area contributed by atoms with Gasteiger partial charge in [-0.25, -0.2) is 0 Å². The fourth-order valence-electron chi connectivity index (χ4n) is 1.71. The summed E-state index contributed by atoms with van der Waals surface area (Å²) in [6.07, 6.45) is 1.64. The summed E-state index contributed by atoms with van der Waals surface area (Å²) in [5.41, 5.74) is 7.11. The highest BCUT2D eigenvalue weighted by Crippen LogP contribution is 2.25. The van der Waals surface area contributed by atoms with Crippen molar-refractivity contribution in [2.45, 2.75) is 32.7 Å². The number of nitrogens with two attached hydrogens (primary N) is 1. The largest absolute Gasteiger partial charge is 0.384 e. The number of nitrogens with zero attached hydrogens (tertiary/aromatic N) is 4. The first-order valence-corrected chi connectivity index (χ1v) is 6.95. The molecule has 0 radical (unpaired) electrons. The number of carbonyl (C=O) groups is 1. The fraction of sp³-hybridized carbons (Fsp3) is 0.500. The molecule has 0 spiro atoms. The third-order valence-electron chi connectivity index (χ3n) is 2.91. The average Bonchev–Trinajstić information content (AvgIpc) is 2.96. The van der Waals surface area contributed by atoms with Crippen LogP contribution in [0.1, 0.15) is 41.7 Å². The van der Waals surface area contributed by atoms with Gasteiger partial charge in [-0.15, -0.1) is 5.10 Å². The normalized spacial score (nSPS) is 11.6. The van der Waals surface area contributed by atoms with E-state index < -0.39 is 0 Å². The summed E-state index contributed by atoms with van der Waals surface area (Å²) < 4.78 is 5.44. The van der Waals surface area contributed by atoms with Crippen molar-refractivity contribution in [3.63, 3.8) is 0 Å². The van der Waals surface area contributed by atoms with Gasteiger partial charge < -0.3 is 11.1 Å². The van der Waals surface area contributed by atoms with Crippen LogP contribution in [0.2, 0.25) is 0 Å². The van der Waals surface area contributed by atoms with Gasteiger partial charge in [0.25, 0.3) is 5.91 Å². The van der Waals surface area contributed by atoms with Crippen molar-refractivity contribution in [2.75, 3.05) is 5.73 Å². The van der Waals surface area contributed by atoms with Gasteiger partial charge in [0, 0.05) is 24.6 Å². The van der Waals surface area contributed by atoms with E-state index in [2.05, 4.69) is 20.0 Å². The van der Waals surface area contributed by atoms with Gasteiger partial charge in [-0.1, -0.05) is 25.3 Å². The monoisotopic (exact) mass is 294 g/mol. The summed E-state index contributed by atoms with van der Waals surface area (Å²) in [7, 11) is 1.76. The molecule has 0 aliphatic heterocycles. The zero-order valence-electron chi connectivity index (χ0n) is 12.0. The van der Waals surface area contributed by atoms with Crippen LogP contribution < -0.4 is 11.1 Å². The molecule has 1 amide bonds. The van der Waals surface area contributed by atoms with E-state index in [0.29, 0.717) is 22.9 Å². The van der Waals surface area contributed by atoms with Crippen molar-refractivity contribution in [3.8, 4) is 0 Å². The van der Waals surface area contributed by atoms with Gasteiger partial charge >= 0.3 is 0 Å². The summed E-state index contributed by atoms with van der Waals surface area (Å²) in [5, 5.41) is 10.9. The molecule has 0 bridgehead atoms. The van der Waals surface area contributed by atoms with E-state index in [1.165, 1.54) is 0 Å². The second kappa shape index (κ2) is 5.20. The predicted octanol–water partition coefficient (Wildman–Crippen LogP) is 1.08. The van der Waals surface area contributed by atoms with Crippen molar-refractivity contribution in [1.29, 1.82) is 0 Å². The molecule has 2 rings (SSSR count). The van der Waals surface area contributed by atoms with Crippen molar-refractivity contribution >= 4 is 23.3 Å². The Morgan fingerprint density at radius 3 is 2.75 bits per heavy atom. The van der Waals surface area contributed by atoms with Crippen molar-refractivity contribution < 1.29 is 4.79 Å². The zero-order chi connectivity index (χ0) is 14.9. The standard InChI is InChI=1S/C12H18N6OS/c1-12(2,3)9-8(20-17-16-9)11(19)14-5-7-6-15-18(4)10(7)13/h6H,5,13H2,1-4H3,(H,14,19). The van der Waals surface area contributed by atoms with Crippen LogP contribution in [-0.2, 0) is 19.0 Å². The molecule has 108 valence electrons. The smallest absolute Gasteiger partial charge is 0.265 e. The van der Waals surface area contributed by atoms with Crippen LogP contribution in [0.15, 0.2) is 6.20 Å². The van der Waals surface area contributed by atoms with Crippen molar-refractivity contribution in [3.05, 3.63) is 22.3 Å². The lowest BCUT2D eigenvalue weighted by Crippen LogP contribution is -2.26. The van der Waals surface area contributed by atoms with E-state index in [1.54, 1.807) is 17.9 Å². The second-order valence-corrected chi connectivity index (χ2v) is 6.32. The molecule has 0 fully saturated rings. The highest BCUT2D eigenvalue weighted by Gasteiger charge is 2.26. The lowest BCUT2D eigenvalue weighted by molar-refractivity contribution is 0.0952. The maximum absolute atomic E-state index is 12.2. The van der Waals surface area contributed by atoms with Crippen LogP contribution in [0.4, 0.5) is 5.82 Å². The fourth-order valence-corrected chi connectivity index (χ4v) is 2.51. The van der Waals surface area contributed by atoms with Crippen LogP contribution >= 0.6 is 11.5 Å². The number of anilines is 1. The molecular weight excluding hydrogens is 276 g/mol. The van der Waals surface area contributed by atoms with Gasteiger partial charge in [-0.2, -0.15) is 5.10 Å². The average molecular weight is 294 g/mol. The molecule has 20 heavy (non-hydrogen) atoms. The van der Waals surface area contributed by atoms with Crippen LogP contribution in [0.25, 0.3) is 0 Å². The van der Waals surface area contributed by atoms with Gasteiger partial charge in [0.1, 0.15) is 10.7 Å². The van der Waals surface area contributed by atoms with Crippen LogP contribution in [0.3, 0.4) is 0 Å². The number of rotatable bonds is 3. The second-order valence-electron chi connectivity index (χ2n) is 5.56. The number of carbonyl (C=O) groups excluding carboxylic acids is 1. The Kier molecular flexibility index (Phi) is 3.76. The van der Waals surface area contributed by atoms with Crippen LogP contribution in [-0.4, -0.2) is 25.3 Å². The maximum Gasteiger partial charge on any atom is 0.265 e. The van der Waals surface area contributed by atoms with E-state index >= 15 is 0 Å². The maximum atomic E-state index is 12.2. The van der Waals surface area contributed by atoms with Crippen LogP contribution in [0.5, 0.6) is 0 Å². The van der Waals surface area contributed by atoms with E-state index in [4.69, 9.17) is 5.73 Å². The van der Waals surface area contributed by atoms with Gasteiger partial charge in [-0.3, -0.25) is 9.48 Å². The first kappa shape index (κ1) is 14.4. The summed E-state index contributed by atoms with van der Waals surface area (Å²) in [6.45, 7) is 6.33. The molecule has 7 nitrogen and oxygen atoms in total. The Morgan fingerprint density at radius 1 is 1.50 bits per heavy atom. The number of hydrogen-bond donors (Lipinski definition) is 2. The Bertz CT molecular complexity index is 624. The van der Waals surface area contributed by atoms with Crippen LogP contribution in [0, 0.1) is 0 Å². The minimum absolute atomic E-state index is 0.187. The Hall–Kier alpha value is -1.96. The lowest BCUT2D eigenvalue weighted by Gasteiger charge is -2.16. The van der Waals surface area contributed by atoms with E-state index in [0.717, 1.165) is 17.1 Å². The van der Waals surface area contributed by atoms with E-state index in [-0.39, 0.29) is 11.3 Å². The Balaban J connectivity index is 2.10. The van der Waals surface area contributed by atoms with Gasteiger partial charge in [0.2, 0.25) is 0 Å². The number of amides is 1. The molecule has 0 atom stereocenters. The van der Waals surface area contributed by atoms with E-state index in [9.17, 15) is 4.79 Å². The number of nitrogens with one attached hydrogen (secondary N) is 1. The number of aryl methyl sites for hydroxylation is 1. The number of nitrogen functional groups attached to an aromatic ring is 1. The van der Waals surface area contributed by atoms with E-state index in [1.807, 2.05) is 20.8 Å². The number of hydrogen-bond acceptors (Lipinski definition) is 6. The molecular formula is C12H18N6OS.